The number of benzene rings is 3. The normalized spacial score (nSPS) is 13.1. The first-order valence-corrected chi connectivity index (χ1v) is 21.6. The van der Waals surface area contributed by atoms with Crippen molar-refractivity contribution >= 4 is 56.9 Å². The SMILES string of the molecule is CBr.CC.CCCCCN(CCCCC)c1ccc(N=Nc2n(CCCN3C(=O)c4ccccc4C3=O)cc[n+]2CCCN2C(=O)c3ccccc3C2=O)cc1. The summed E-state index contributed by atoms with van der Waals surface area (Å²) in [6, 6.07) is 22.0. The molecular weight excluding hydrogens is 770 g/mol. The molecule has 0 N–H and O–H groups in total. The predicted molar refractivity (Wildman–Crippen MR) is 226 cm³/mol. The van der Waals surface area contributed by atoms with Crippen LogP contribution in [0.1, 0.15) is 120 Å². The van der Waals surface area contributed by atoms with E-state index in [2.05, 4.69) is 51.9 Å². The zero-order valence-corrected chi connectivity index (χ0v) is 35.2. The minimum atomic E-state index is -0.269. The molecular formula is C44H57BrN7O4+. The molecule has 1 aromatic heterocycles. The molecule has 0 fully saturated rings. The number of fused-ring (bicyclic) bond motifs is 2. The quantitative estimate of drug-likeness (QED) is 0.0307. The fourth-order valence-electron chi connectivity index (χ4n) is 6.91. The van der Waals surface area contributed by atoms with E-state index in [1.165, 1.54) is 54.0 Å². The molecule has 12 heteroatoms. The zero-order chi connectivity index (χ0) is 40.5. The molecule has 3 aromatic carbocycles. The van der Waals surface area contributed by atoms with Gasteiger partial charge in [0.25, 0.3) is 23.6 Å². The molecule has 0 atom stereocenters. The number of aryl methyl sites for hydroxylation is 2. The van der Waals surface area contributed by atoms with Crippen molar-refractivity contribution < 1.29 is 23.7 Å². The van der Waals surface area contributed by atoms with E-state index in [-0.39, 0.29) is 36.7 Å². The summed E-state index contributed by atoms with van der Waals surface area (Å²) in [4.78, 5) is 56.8. The summed E-state index contributed by atoms with van der Waals surface area (Å²) in [5.41, 5.74) is 3.67. The largest absolute Gasteiger partial charge is 0.421 e. The number of aromatic nitrogens is 2. The van der Waals surface area contributed by atoms with Gasteiger partial charge in [0.05, 0.1) is 47.7 Å². The van der Waals surface area contributed by atoms with Crippen LogP contribution in [0.2, 0.25) is 0 Å². The van der Waals surface area contributed by atoms with Crippen LogP contribution in [0.25, 0.3) is 0 Å². The van der Waals surface area contributed by atoms with Crippen molar-refractivity contribution in [1.82, 2.24) is 14.4 Å². The smallest absolute Gasteiger partial charge is 0.372 e. The van der Waals surface area contributed by atoms with Gasteiger partial charge in [-0.15, -0.1) is 0 Å². The lowest BCUT2D eigenvalue weighted by Gasteiger charge is -2.25. The summed E-state index contributed by atoms with van der Waals surface area (Å²) < 4.78 is 3.92. The molecule has 2 aliphatic rings. The van der Waals surface area contributed by atoms with Crippen LogP contribution in [-0.2, 0) is 13.1 Å². The Morgan fingerprint density at radius 3 is 1.52 bits per heavy atom. The maximum absolute atomic E-state index is 12.9. The highest BCUT2D eigenvalue weighted by Crippen LogP contribution is 2.26. The first-order chi connectivity index (χ1) is 27.4. The molecule has 0 spiro atoms. The molecule has 0 radical (unpaired) electrons. The molecule has 11 nitrogen and oxygen atoms in total. The minimum absolute atomic E-state index is 0.269. The zero-order valence-electron chi connectivity index (χ0n) is 33.6. The molecule has 0 aliphatic carbocycles. The number of azo groups is 1. The highest BCUT2D eigenvalue weighted by atomic mass is 79.9. The molecule has 0 saturated carbocycles. The van der Waals surface area contributed by atoms with Crippen LogP contribution in [0.4, 0.5) is 17.3 Å². The summed E-state index contributed by atoms with van der Waals surface area (Å²) in [7, 11) is 0. The number of unbranched alkanes of at least 4 members (excludes halogenated alkanes) is 4. The topological polar surface area (TPSA) is 112 Å². The van der Waals surface area contributed by atoms with Gasteiger partial charge in [-0.25, -0.2) is 9.13 Å². The number of hydrogen-bond donors (Lipinski definition) is 0. The van der Waals surface area contributed by atoms with E-state index in [9.17, 15) is 19.2 Å². The second kappa shape index (κ2) is 22.6. The Balaban J connectivity index is 0.00000169. The van der Waals surface area contributed by atoms with Crippen molar-refractivity contribution in [3.8, 4) is 0 Å². The lowest BCUT2D eigenvalue weighted by molar-refractivity contribution is -0.684. The van der Waals surface area contributed by atoms with Gasteiger partial charge < -0.3 is 4.90 Å². The number of carbonyl (C=O) groups is 4. The van der Waals surface area contributed by atoms with Crippen LogP contribution < -0.4 is 9.47 Å². The average Bonchev–Trinajstić information content (AvgIpc) is 3.83. The molecule has 0 unspecified atom stereocenters. The van der Waals surface area contributed by atoms with Crippen molar-refractivity contribution in [1.29, 1.82) is 0 Å². The van der Waals surface area contributed by atoms with Gasteiger partial charge in [-0.3, -0.25) is 29.0 Å². The number of imidazole rings is 1. The van der Waals surface area contributed by atoms with Crippen LogP contribution in [0.5, 0.6) is 0 Å². The number of nitrogens with zero attached hydrogens (tertiary/aromatic N) is 7. The molecule has 0 saturated heterocycles. The molecule has 4 aromatic rings. The van der Waals surface area contributed by atoms with E-state index in [1.807, 2.05) is 53.3 Å². The Morgan fingerprint density at radius 1 is 0.589 bits per heavy atom. The van der Waals surface area contributed by atoms with Gasteiger partial charge in [0.15, 0.2) is 0 Å². The third-order valence-electron chi connectivity index (χ3n) is 9.79. The highest BCUT2D eigenvalue weighted by Gasteiger charge is 2.36. The van der Waals surface area contributed by atoms with Crippen LogP contribution in [0.15, 0.2) is 95.4 Å². The highest BCUT2D eigenvalue weighted by molar-refractivity contribution is 9.08. The van der Waals surface area contributed by atoms with Gasteiger partial charge in [0, 0.05) is 37.0 Å². The molecule has 3 heterocycles. The number of rotatable bonds is 19. The molecule has 6 rings (SSSR count). The Kier molecular flexibility index (Phi) is 17.6. The predicted octanol–water partition coefficient (Wildman–Crippen LogP) is 9.79. The number of anilines is 1. The number of halogens is 1. The third kappa shape index (κ3) is 10.7. The first kappa shape index (κ1) is 43.8. The van der Waals surface area contributed by atoms with Crippen molar-refractivity contribution in [2.75, 3.05) is 36.9 Å². The second-order valence-electron chi connectivity index (χ2n) is 13.4. The van der Waals surface area contributed by atoms with Crippen molar-refractivity contribution in [3.05, 3.63) is 107 Å². The monoisotopic (exact) mass is 826 g/mol. The van der Waals surface area contributed by atoms with E-state index in [0.29, 0.717) is 54.1 Å². The van der Waals surface area contributed by atoms with Crippen LogP contribution in [-0.4, -0.2) is 70.0 Å². The van der Waals surface area contributed by atoms with Gasteiger partial charge in [-0.1, -0.05) is 98.7 Å². The van der Waals surface area contributed by atoms with E-state index in [1.54, 1.807) is 48.5 Å². The number of imide groups is 2. The fraction of sp³-hybridized carbons (Fsp3) is 0.432. The van der Waals surface area contributed by atoms with Crippen LogP contribution in [0.3, 0.4) is 0 Å². The van der Waals surface area contributed by atoms with Gasteiger partial charge in [0.2, 0.25) is 0 Å². The van der Waals surface area contributed by atoms with E-state index < -0.39 is 0 Å². The third-order valence-corrected chi connectivity index (χ3v) is 9.79. The Morgan fingerprint density at radius 2 is 1.05 bits per heavy atom. The fourth-order valence-corrected chi connectivity index (χ4v) is 6.91. The molecule has 4 amide bonds. The molecule has 56 heavy (non-hydrogen) atoms. The van der Waals surface area contributed by atoms with E-state index >= 15 is 0 Å². The Bertz CT molecular complexity index is 1760. The number of alkyl halides is 1. The van der Waals surface area contributed by atoms with Crippen molar-refractivity contribution in [2.45, 2.75) is 92.2 Å². The number of carbonyl (C=O) groups excluding carboxylic acids is 4. The van der Waals surface area contributed by atoms with Crippen LogP contribution >= 0.6 is 15.9 Å². The Hall–Kier alpha value is -4.97. The summed E-state index contributed by atoms with van der Waals surface area (Å²) in [5.74, 6) is 1.33. The van der Waals surface area contributed by atoms with E-state index in [4.69, 9.17) is 5.11 Å². The van der Waals surface area contributed by atoms with Crippen molar-refractivity contribution in [2.24, 2.45) is 10.2 Å². The van der Waals surface area contributed by atoms with Gasteiger partial charge in [-0.05, 0) is 80.0 Å². The van der Waals surface area contributed by atoms with E-state index in [0.717, 1.165) is 18.8 Å². The lowest BCUT2D eigenvalue weighted by atomic mass is 10.1. The maximum Gasteiger partial charge on any atom is 0.421 e. The molecule has 0 bridgehead atoms. The maximum atomic E-state index is 12.9. The summed E-state index contributed by atoms with van der Waals surface area (Å²) in [6.45, 7) is 12.1. The summed E-state index contributed by atoms with van der Waals surface area (Å²) >= 11 is 2.94. The molecule has 2 aliphatic heterocycles. The van der Waals surface area contributed by atoms with Gasteiger partial charge in [-0.2, -0.15) is 0 Å². The number of amides is 4. The van der Waals surface area contributed by atoms with Crippen molar-refractivity contribution in [3.63, 3.8) is 0 Å². The summed E-state index contributed by atoms with van der Waals surface area (Å²) in [5, 5.41) is 9.32. The van der Waals surface area contributed by atoms with Gasteiger partial charge >= 0.3 is 5.95 Å². The average molecular weight is 828 g/mol. The summed E-state index contributed by atoms with van der Waals surface area (Å²) in [6.07, 6.45) is 12.0. The lowest BCUT2D eigenvalue weighted by Crippen LogP contribution is -2.37. The first-order valence-electron chi connectivity index (χ1n) is 20.0. The van der Waals surface area contributed by atoms with Gasteiger partial charge in [0.1, 0.15) is 5.69 Å². The van der Waals surface area contributed by atoms with Crippen LogP contribution in [0, 0.1) is 0 Å². The standard InChI is InChI=1S/C41H48N7O4.C2H6.CH3Br/c1-3-5-11-23-44(24-12-6-4-2)32-21-19-31(20-22-32)42-43-41-45(25-13-27-47-37(49)33-15-7-8-16-34(33)38(47)50)29-30-46(41)26-14-28-48-39(51)35-17-9-10-18-36(35)40(48)52;2*1-2/h7-10,15-22,29-30H,3-6,11-14,23-28H2,1-2H3;1-2H3;1H3/q+1;;. The Labute approximate surface area is 340 Å². The molecule has 298 valence electrons. The minimum Gasteiger partial charge on any atom is -0.372 e. The number of hydrogen-bond acceptors (Lipinski definition) is 7. The second-order valence-corrected chi connectivity index (χ2v) is 13.4.